The molecule has 2 aliphatic carbocycles. The summed E-state index contributed by atoms with van der Waals surface area (Å²) in [7, 11) is 0. The summed E-state index contributed by atoms with van der Waals surface area (Å²) in [5, 5.41) is 0. The fourth-order valence-corrected chi connectivity index (χ4v) is 3.35. The quantitative estimate of drug-likeness (QED) is 0.808. The van der Waals surface area contributed by atoms with Gasteiger partial charge in [-0.15, -0.1) is 11.3 Å². The molecule has 19 heavy (non-hydrogen) atoms. The Morgan fingerprint density at radius 3 is 2.42 bits per heavy atom. The van der Waals surface area contributed by atoms with Crippen LogP contribution in [0.3, 0.4) is 0 Å². The number of rotatable bonds is 6. The van der Waals surface area contributed by atoms with Crippen LogP contribution in [-0.2, 0) is 6.54 Å². The lowest BCUT2D eigenvalue weighted by atomic mass is 10.3. The Labute approximate surface area is 120 Å². The lowest BCUT2D eigenvalue weighted by Gasteiger charge is -2.21. The second-order valence-corrected chi connectivity index (χ2v) is 7.02. The predicted molar refractivity (Wildman–Crippen MR) is 81.0 cm³/mol. The summed E-state index contributed by atoms with van der Waals surface area (Å²) >= 11 is 1.83. The molecule has 0 aromatic carbocycles. The molecule has 0 unspecified atom stereocenters. The van der Waals surface area contributed by atoms with Gasteiger partial charge in [0.2, 0.25) is 0 Å². The van der Waals surface area contributed by atoms with Gasteiger partial charge in [0.25, 0.3) is 0 Å². The van der Waals surface area contributed by atoms with E-state index in [2.05, 4.69) is 28.9 Å². The second-order valence-electron chi connectivity index (χ2n) is 5.85. The van der Waals surface area contributed by atoms with Crippen LogP contribution in [0, 0.1) is 23.7 Å². The van der Waals surface area contributed by atoms with Gasteiger partial charge in [0, 0.05) is 24.5 Å². The number of thiophene rings is 1. The standard InChI is InChI=1S/C16H22N2S/c17-9-1-2-15-7-8-16(19-15)12-18(10-13-3-4-13)11-14-5-6-14/h7-8,13-14H,3-6,9-12,17H2. The first-order chi connectivity index (χ1) is 9.33. The average Bonchev–Trinajstić information content (AvgIpc) is 3.31. The van der Waals surface area contributed by atoms with E-state index in [1.54, 1.807) is 0 Å². The van der Waals surface area contributed by atoms with Gasteiger partial charge >= 0.3 is 0 Å². The first kappa shape index (κ1) is 13.2. The van der Waals surface area contributed by atoms with Crippen LogP contribution >= 0.6 is 11.3 Å². The molecule has 1 aromatic rings. The van der Waals surface area contributed by atoms with Crippen LogP contribution < -0.4 is 5.73 Å². The van der Waals surface area contributed by atoms with E-state index in [9.17, 15) is 0 Å². The monoisotopic (exact) mass is 274 g/mol. The maximum Gasteiger partial charge on any atom is 0.0772 e. The van der Waals surface area contributed by atoms with Crippen LogP contribution in [0.2, 0.25) is 0 Å². The minimum atomic E-state index is 0.447. The molecule has 3 rings (SSSR count). The molecule has 2 N–H and O–H groups in total. The zero-order valence-electron chi connectivity index (χ0n) is 11.4. The van der Waals surface area contributed by atoms with Crippen molar-refractivity contribution >= 4 is 11.3 Å². The SMILES string of the molecule is NCC#Cc1ccc(CN(CC2CC2)CC2CC2)s1. The zero-order valence-corrected chi connectivity index (χ0v) is 12.2. The predicted octanol–water partition coefficient (Wildman–Crippen LogP) is 2.68. The Hall–Kier alpha value is -0.820. The number of hydrogen-bond acceptors (Lipinski definition) is 3. The number of nitrogens with two attached hydrogens (primary N) is 1. The van der Waals surface area contributed by atoms with Gasteiger partial charge < -0.3 is 5.73 Å². The fraction of sp³-hybridized carbons (Fsp3) is 0.625. The Morgan fingerprint density at radius 2 is 1.84 bits per heavy atom. The van der Waals surface area contributed by atoms with Gasteiger partial charge in [0.15, 0.2) is 0 Å². The van der Waals surface area contributed by atoms with Gasteiger partial charge in [0.1, 0.15) is 0 Å². The average molecular weight is 274 g/mol. The topological polar surface area (TPSA) is 29.3 Å². The minimum Gasteiger partial charge on any atom is -0.320 e. The van der Waals surface area contributed by atoms with E-state index in [0.29, 0.717) is 6.54 Å². The largest absolute Gasteiger partial charge is 0.320 e. The summed E-state index contributed by atoms with van der Waals surface area (Å²) < 4.78 is 0. The first-order valence-electron chi connectivity index (χ1n) is 7.33. The molecule has 0 amide bonds. The Balaban J connectivity index is 1.57. The van der Waals surface area contributed by atoms with Crippen molar-refractivity contribution in [2.45, 2.75) is 32.2 Å². The molecule has 2 aliphatic rings. The summed E-state index contributed by atoms with van der Waals surface area (Å²) in [4.78, 5) is 5.27. The maximum atomic E-state index is 5.41. The zero-order chi connectivity index (χ0) is 13.1. The molecule has 102 valence electrons. The minimum absolute atomic E-state index is 0.447. The van der Waals surface area contributed by atoms with Gasteiger partial charge in [-0.25, -0.2) is 0 Å². The fourth-order valence-electron chi connectivity index (χ4n) is 2.42. The van der Waals surface area contributed by atoms with Crippen LogP contribution in [0.4, 0.5) is 0 Å². The summed E-state index contributed by atoms with van der Waals surface area (Å²) in [6.07, 6.45) is 5.77. The molecular formula is C16H22N2S. The highest BCUT2D eigenvalue weighted by molar-refractivity contribution is 7.12. The van der Waals surface area contributed by atoms with E-state index in [1.807, 2.05) is 11.3 Å². The van der Waals surface area contributed by atoms with Crippen LogP contribution in [0.5, 0.6) is 0 Å². The first-order valence-corrected chi connectivity index (χ1v) is 8.15. The normalized spacial score (nSPS) is 18.4. The number of nitrogens with zero attached hydrogens (tertiary/aromatic N) is 1. The van der Waals surface area contributed by atoms with Gasteiger partial charge in [-0.1, -0.05) is 11.8 Å². The highest BCUT2D eigenvalue weighted by Crippen LogP contribution is 2.34. The lowest BCUT2D eigenvalue weighted by molar-refractivity contribution is 0.246. The molecule has 0 radical (unpaired) electrons. The summed E-state index contributed by atoms with van der Waals surface area (Å²) in [6.45, 7) is 4.17. The van der Waals surface area contributed by atoms with Crippen molar-refractivity contribution in [2.75, 3.05) is 19.6 Å². The van der Waals surface area contributed by atoms with E-state index in [4.69, 9.17) is 5.73 Å². The molecule has 0 saturated heterocycles. The van der Waals surface area contributed by atoms with Crippen molar-refractivity contribution in [3.8, 4) is 11.8 Å². The molecule has 1 aromatic heterocycles. The Kier molecular flexibility index (Phi) is 4.22. The third-order valence-electron chi connectivity index (χ3n) is 3.78. The smallest absolute Gasteiger partial charge is 0.0772 e. The Morgan fingerprint density at radius 1 is 1.16 bits per heavy atom. The highest BCUT2D eigenvalue weighted by atomic mass is 32.1. The van der Waals surface area contributed by atoms with Crippen LogP contribution in [0.1, 0.15) is 35.4 Å². The summed E-state index contributed by atoms with van der Waals surface area (Å²) in [5.74, 6) is 8.02. The molecular weight excluding hydrogens is 252 g/mol. The van der Waals surface area contributed by atoms with Gasteiger partial charge in [-0.3, -0.25) is 4.90 Å². The highest BCUT2D eigenvalue weighted by Gasteiger charge is 2.29. The van der Waals surface area contributed by atoms with Crippen LogP contribution in [0.25, 0.3) is 0 Å². The van der Waals surface area contributed by atoms with Crippen molar-refractivity contribution in [1.82, 2.24) is 4.90 Å². The van der Waals surface area contributed by atoms with Gasteiger partial charge in [-0.2, -0.15) is 0 Å². The molecule has 0 aliphatic heterocycles. The van der Waals surface area contributed by atoms with Gasteiger partial charge in [-0.05, 0) is 49.7 Å². The molecule has 2 saturated carbocycles. The second kappa shape index (κ2) is 6.09. The van der Waals surface area contributed by atoms with Crippen LogP contribution in [0.15, 0.2) is 12.1 Å². The van der Waals surface area contributed by atoms with Crippen molar-refractivity contribution < 1.29 is 0 Å². The molecule has 2 nitrogen and oxygen atoms in total. The van der Waals surface area contributed by atoms with E-state index >= 15 is 0 Å². The van der Waals surface area contributed by atoms with Gasteiger partial charge in [0.05, 0.1) is 11.4 Å². The maximum absolute atomic E-state index is 5.41. The number of hydrogen-bond donors (Lipinski definition) is 1. The van der Waals surface area contributed by atoms with E-state index in [1.165, 1.54) is 43.6 Å². The molecule has 0 atom stereocenters. The van der Waals surface area contributed by atoms with Crippen molar-refractivity contribution in [3.05, 3.63) is 21.9 Å². The Bertz CT molecular complexity index is 460. The summed E-state index contributed by atoms with van der Waals surface area (Å²) in [5.41, 5.74) is 5.41. The van der Waals surface area contributed by atoms with E-state index < -0.39 is 0 Å². The van der Waals surface area contributed by atoms with Crippen molar-refractivity contribution in [2.24, 2.45) is 17.6 Å². The summed E-state index contributed by atoms with van der Waals surface area (Å²) in [6, 6.07) is 4.37. The third kappa shape index (κ3) is 4.35. The molecule has 0 spiro atoms. The molecule has 0 bridgehead atoms. The van der Waals surface area contributed by atoms with E-state index in [-0.39, 0.29) is 0 Å². The van der Waals surface area contributed by atoms with Crippen molar-refractivity contribution in [1.29, 1.82) is 0 Å². The third-order valence-corrected chi connectivity index (χ3v) is 4.77. The van der Waals surface area contributed by atoms with Crippen LogP contribution in [-0.4, -0.2) is 24.5 Å². The lowest BCUT2D eigenvalue weighted by Crippen LogP contribution is -2.27. The van der Waals surface area contributed by atoms with Crippen molar-refractivity contribution in [3.63, 3.8) is 0 Å². The molecule has 2 fully saturated rings. The van der Waals surface area contributed by atoms with E-state index in [0.717, 1.165) is 23.3 Å². The molecule has 3 heteroatoms. The molecule has 1 heterocycles.